The van der Waals surface area contributed by atoms with Gasteiger partial charge >= 0.3 is 29.8 Å². The summed E-state index contributed by atoms with van der Waals surface area (Å²) in [6, 6.07) is -15.3. The fraction of sp³-hybridized carbons (Fsp3) is 0.679. The highest BCUT2D eigenvalue weighted by atomic mass is 16.4. The fourth-order valence-electron chi connectivity index (χ4n) is 9.36. The van der Waals surface area contributed by atoms with E-state index in [1.165, 1.54) is 13.8 Å². The van der Waals surface area contributed by atoms with Gasteiger partial charge in [-0.3, -0.25) is 81.7 Å². The number of amides is 11. The molecule has 2 saturated heterocycles. The summed E-state index contributed by atoms with van der Waals surface area (Å²) in [5.41, 5.74) is 16.5. The molecule has 0 aromatic carbocycles. The molecule has 2 aliphatic heterocycles. The molecule has 0 unspecified atom stereocenters. The molecule has 36 nitrogen and oxygen atoms in total. The number of likely N-dealkylation sites (tertiary alicyclic amines) is 2. The third kappa shape index (κ3) is 26.7. The van der Waals surface area contributed by atoms with E-state index in [4.69, 9.17) is 17.2 Å². The number of carbonyl (C=O) groups is 16. The maximum atomic E-state index is 14.0. The highest BCUT2D eigenvalue weighted by molar-refractivity contribution is 6.00. The molecule has 11 amide bonds. The van der Waals surface area contributed by atoms with Crippen LogP contribution in [-0.4, -0.2) is 229 Å². The van der Waals surface area contributed by atoms with Crippen LogP contribution in [0.15, 0.2) is 4.99 Å². The third-order valence-corrected chi connectivity index (χ3v) is 14.3. The van der Waals surface area contributed by atoms with Crippen molar-refractivity contribution in [2.45, 2.75) is 185 Å². The number of carbonyl (C=O) groups excluding carboxylic acids is 11. The normalized spacial score (nSPS) is 17.4. The monoisotopic (exact) mass is 1270 g/mol. The topological polar surface area (TPSA) is 579 Å². The van der Waals surface area contributed by atoms with Gasteiger partial charge in [0, 0.05) is 32.5 Å². The van der Waals surface area contributed by atoms with Gasteiger partial charge in [-0.2, -0.15) is 0 Å². The molecule has 498 valence electrons. The molecule has 2 heterocycles. The van der Waals surface area contributed by atoms with Gasteiger partial charge in [-0.25, -0.2) is 0 Å². The average Bonchev–Trinajstić information content (AvgIpc) is 2.20. The van der Waals surface area contributed by atoms with Crippen molar-refractivity contribution in [2.75, 3.05) is 32.7 Å². The summed E-state index contributed by atoms with van der Waals surface area (Å²) in [6.07, 6.45) is -3.77. The molecule has 2 rings (SSSR count). The second-order valence-corrected chi connectivity index (χ2v) is 21.9. The molecule has 11 atom stereocenters. The maximum absolute atomic E-state index is 14.0. The lowest BCUT2D eigenvalue weighted by atomic mass is 9.97. The van der Waals surface area contributed by atoms with Crippen LogP contribution in [0.1, 0.15) is 125 Å². The molecule has 2 aliphatic rings. The van der Waals surface area contributed by atoms with Crippen LogP contribution in [0, 0.1) is 11.8 Å². The number of guanidine groups is 1. The van der Waals surface area contributed by atoms with Crippen LogP contribution >= 0.6 is 0 Å². The van der Waals surface area contributed by atoms with Crippen molar-refractivity contribution in [2.24, 2.45) is 34.0 Å². The van der Waals surface area contributed by atoms with Gasteiger partial charge < -0.3 is 100 Å². The molecular formula is C53H85N15O21. The average molecular weight is 1270 g/mol. The molecule has 0 aromatic rings. The Hall–Kier alpha value is -9.25. The second kappa shape index (κ2) is 37.4. The number of nitrogens with one attached hydrogen (secondary N) is 9. The predicted octanol–water partition coefficient (Wildman–Crippen LogP) is -6.15. The largest absolute Gasteiger partial charge is 0.481 e. The number of aliphatic imine (C=N–C) groups is 1. The van der Waals surface area contributed by atoms with Crippen LogP contribution in [0.25, 0.3) is 0 Å². The molecule has 0 aromatic heterocycles. The van der Waals surface area contributed by atoms with E-state index < -0.39 is 213 Å². The number of hydrogen-bond donors (Lipinski definition) is 17. The van der Waals surface area contributed by atoms with Crippen molar-refractivity contribution in [1.29, 1.82) is 0 Å². The van der Waals surface area contributed by atoms with E-state index in [-0.39, 0.29) is 76.5 Å². The molecule has 0 saturated carbocycles. The molecule has 36 heteroatoms. The Morgan fingerprint density at radius 2 is 1.02 bits per heavy atom. The lowest BCUT2D eigenvalue weighted by Crippen LogP contribution is -2.60. The van der Waals surface area contributed by atoms with Crippen molar-refractivity contribution >= 4 is 101 Å². The molecule has 0 bridgehead atoms. The SMILES string of the molecule is CC[C@H](C)[C@H](NC(=O)[C@H](CCC(=O)O)NC(=O)[C@H](CC(=O)O)NC(=O)[C@H](CCC(=O)O)NC(=O)[C@@H]1CCCN1C(=O)CNC(=O)[C@@H](N)CCCN=C(N)N)C(=O)NCC(=O)N[C@@H](CC(=O)O)C(=O)N1CCC[C@H]1C(=O)N[C@@H](CC(C)C)C(=O)N[C@@H](C)C(=O)O. The quantitative estimate of drug-likeness (QED) is 0.0155. The van der Waals surface area contributed by atoms with Crippen LogP contribution < -0.4 is 65.1 Å². The zero-order valence-corrected chi connectivity index (χ0v) is 50.2. The van der Waals surface area contributed by atoms with Crippen LogP contribution in [-0.2, 0) is 76.7 Å². The first kappa shape index (κ1) is 75.8. The summed E-state index contributed by atoms with van der Waals surface area (Å²) in [6.45, 7) is 6.39. The number of aliphatic carboxylic acids is 5. The number of carboxylic acid groups (broad SMARTS) is 5. The lowest BCUT2D eigenvalue weighted by molar-refractivity contribution is -0.146. The summed E-state index contributed by atoms with van der Waals surface area (Å²) < 4.78 is 0. The summed E-state index contributed by atoms with van der Waals surface area (Å²) in [7, 11) is 0. The lowest BCUT2D eigenvalue weighted by Gasteiger charge is -2.30. The Morgan fingerprint density at radius 3 is 1.55 bits per heavy atom. The van der Waals surface area contributed by atoms with Crippen molar-refractivity contribution in [3.8, 4) is 0 Å². The number of carboxylic acids is 5. The Kier molecular flexibility index (Phi) is 31.9. The van der Waals surface area contributed by atoms with Crippen molar-refractivity contribution in [3.63, 3.8) is 0 Å². The molecule has 0 aliphatic carbocycles. The van der Waals surface area contributed by atoms with Gasteiger partial charge in [0.25, 0.3) is 0 Å². The van der Waals surface area contributed by atoms with E-state index in [9.17, 15) is 102 Å². The summed E-state index contributed by atoms with van der Waals surface area (Å²) in [5, 5.41) is 68.5. The Balaban J connectivity index is 2.28. The third-order valence-electron chi connectivity index (χ3n) is 14.3. The highest BCUT2D eigenvalue weighted by Gasteiger charge is 2.42. The van der Waals surface area contributed by atoms with Crippen molar-refractivity contribution < 1.29 is 102 Å². The van der Waals surface area contributed by atoms with Crippen molar-refractivity contribution in [3.05, 3.63) is 0 Å². The van der Waals surface area contributed by atoms with E-state index in [1.807, 2.05) is 0 Å². The van der Waals surface area contributed by atoms with Crippen molar-refractivity contribution in [1.82, 2.24) is 57.7 Å². The zero-order valence-electron chi connectivity index (χ0n) is 50.2. The minimum Gasteiger partial charge on any atom is -0.481 e. The van der Waals surface area contributed by atoms with Gasteiger partial charge in [0.05, 0.1) is 32.0 Å². The van der Waals surface area contributed by atoms with Gasteiger partial charge in [0.1, 0.15) is 54.4 Å². The Labute approximate surface area is 511 Å². The molecule has 2 fully saturated rings. The van der Waals surface area contributed by atoms with E-state index in [1.54, 1.807) is 20.8 Å². The highest BCUT2D eigenvalue weighted by Crippen LogP contribution is 2.22. The standard InChI is InChI=1S/C53H85N15O21/c1-6-26(4)42(50(86)58-23-36(69)61-33(22-41(77)78)51(87)68-19-9-12-35(68)49(85)65-31(20-25(2)3)46(82)60-27(5)52(88)89)66-45(81)30(14-16-39(73)74)62-47(83)32(21-40(75)76)64-44(80)29(13-15-38(71)72)63-48(84)34-11-8-18-67(34)37(70)24-59-43(79)28(54)10-7-17-57-53(55)56/h25-35,42H,6-24,54H2,1-5H3,(H,58,86)(H,59,79)(H,60,82)(H,61,69)(H,62,83)(H,63,84)(H,64,80)(H,65,85)(H,66,81)(H,71,72)(H,73,74)(H,75,76)(H,77,78)(H,88,89)(H4,55,56,57)/t26-,27-,28-,29-,30-,31-,32-,33-,34-,35-,42-/m0/s1. The number of nitrogens with zero attached hydrogens (tertiary/aromatic N) is 3. The van der Waals surface area contributed by atoms with Crippen LogP contribution in [0.3, 0.4) is 0 Å². The molecular weight excluding hydrogens is 1180 g/mol. The number of hydrogen-bond acceptors (Lipinski definition) is 18. The predicted molar refractivity (Wildman–Crippen MR) is 307 cm³/mol. The van der Waals surface area contributed by atoms with Crippen LogP contribution in [0.2, 0.25) is 0 Å². The molecule has 0 spiro atoms. The molecule has 0 radical (unpaired) electrons. The van der Waals surface area contributed by atoms with Gasteiger partial charge in [0.15, 0.2) is 5.96 Å². The van der Waals surface area contributed by atoms with Gasteiger partial charge in [-0.05, 0) is 76.5 Å². The van der Waals surface area contributed by atoms with Crippen LogP contribution in [0.4, 0.5) is 0 Å². The smallest absolute Gasteiger partial charge is 0.325 e. The first-order chi connectivity index (χ1) is 41.7. The first-order valence-electron chi connectivity index (χ1n) is 28.8. The molecule has 20 N–H and O–H groups in total. The molecule has 89 heavy (non-hydrogen) atoms. The van der Waals surface area contributed by atoms with Gasteiger partial charge in [-0.1, -0.05) is 34.1 Å². The summed E-state index contributed by atoms with van der Waals surface area (Å²) in [5.74, 6) is -19.8. The Morgan fingerprint density at radius 1 is 0.539 bits per heavy atom. The van der Waals surface area contributed by atoms with E-state index in [0.717, 1.165) is 9.80 Å². The summed E-state index contributed by atoms with van der Waals surface area (Å²) >= 11 is 0. The minimum absolute atomic E-state index is 0.0266. The zero-order chi connectivity index (χ0) is 67.4. The Bertz CT molecular complexity index is 2640. The first-order valence-corrected chi connectivity index (χ1v) is 28.8. The van der Waals surface area contributed by atoms with E-state index in [0.29, 0.717) is 6.42 Å². The number of nitrogens with two attached hydrogens (primary N) is 3. The van der Waals surface area contributed by atoms with Gasteiger partial charge in [-0.15, -0.1) is 0 Å². The fourth-order valence-corrected chi connectivity index (χ4v) is 9.36. The van der Waals surface area contributed by atoms with Crippen LogP contribution in [0.5, 0.6) is 0 Å². The van der Waals surface area contributed by atoms with E-state index in [2.05, 4.69) is 52.8 Å². The van der Waals surface area contributed by atoms with Gasteiger partial charge in [0.2, 0.25) is 65.0 Å². The number of rotatable bonds is 39. The summed E-state index contributed by atoms with van der Waals surface area (Å²) in [4.78, 5) is 214. The van der Waals surface area contributed by atoms with E-state index >= 15 is 0 Å². The second-order valence-electron chi connectivity index (χ2n) is 21.9. The maximum Gasteiger partial charge on any atom is 0.325 e. The minimum atomic E-state index is -2.11.